The lowest BCUT2D eigenvalue weighted by Gasteiger charge is -2.09. The fraction of sp³-hybridized carbons (Fsp3) is 0. The Morgan fingerprint density at radius 3 is 1.90 bits per heavy atom. The van der Waals surface area contributed by atoms with Crippen molar-refractivity contribution in [3.63, 3.8) is 0 Å². The molecule has 0 bridgehead atoms. The molecule has 4 aromatic rings. The summed E-state index contributed by atoms with van der Waals surface area (Å²) in [5, 5.41) is 9.08. The van der Waals surface area contributed by atoms with E-state index in [4.69, 9.17) is 11.5 Å². The van der Waals surface area contributed by atoms with Gasteiger partial charge in [0.25, 0.3) is 10.1 Å². The van der Waals surface area contributed by atoms with Gasteiger partial charge in [-0.2, -0.15) is 13.5 Å². The minimum Gasteiger partial charge on any atom is -0.399 e. The summed E-state index contributed by atoms with van der Waals surface area (Å²) in [6, 6.07) is 22.7. The molecule has 0 heterocycles. The molecule has 8 heteroatoms. The topological polar surface area (TPSA) is 131 Å². The molecule has 0 aromatic heterocycles. The second-order valence-corrected chi connectivity index (χ2v) is 8.09. The summed E-state index contributed by atoms with van der Waals surface area (Å²) in [5.74, 6) is 0. The standard InChI is InChI=1S/C22H18N4O3S/c23-16-9-5-14(6-10-16)15-7-11-17(12-8-15)25-26-20-13-21(30(27,28)29)18-3-1-2-4-19(18)22(20)24/h1-13H,23-24H2,(H,27,28,29). The van der Waals surface area contributed by atoms with Crippen LogP contribution in [0.3, 0.4) is 0 Å². The number of benzene rings is 4. The normalized spacial score (nSPS) is 11.9. The minimum atomic E-state index is -4.46. The number of hydrogen-bond donors (Lipinski definition) is 3. The van der Waals surface area contributed by atoms with Gasteiger partial charge >= 0.3 is 0 Å². The van der Waals surface area contributed by atoms with Crippen LogP contribution in [-0.2, 0) is 10.1 Å². The first-order valence-corrected chi connectivity index (χ1v) is 10.4. The number of nitrogen functional groups attached to an aromatic ring is 2. The van der Waals surface area contributed by atoms with E-state index in [2.05, 4.69) is 10.2 Å². The van der Waals surface area contributed by atoms with Crippen molar-refractivity contribution in [3.8, 4) is 11.1 Å². The first-order chi connectivity index (χ1) is 14.3. The smallest absolute Gasteiger partial charge is 0.295 e. The van der Waals surface area contributed by atoms with Crippen LogP contribution >= 0.6 is 0 Å². The van der Waals surface area contributed by atoms with Crippen LogP contribution in [0, 0.1) is 0 Å². The Morgan fingerprint density at radius 2 is 1.30 bits per heavy atom. The molecule has 150 valence electrons. The number of rotatable bonds is 4. The molecule has 30 heavy (non-hydrogen) atoms. The van der Waals surface area contributed by atoms with Crippen molar-refractivity contribution in [1.82, 2.24) is 0 Å². The van der Waals surface area contributed by atoms with E-state index in [0.717, 1.165) is 11.1 Å². The summed E-state index contributed by atoms with van der Waals surface area (Å²) >= 11 is 0. The zero-order chi connectivity index (χ0) is 21.3. The first kappa shape index (κ1) is 19.6. The summed E-state index contributed by atoms with van der Waals surface area (Å²) in [6.07, 6.45) is 0. The average Bonchev–Trinajstić information content (AvgIpc) is 2.73. The van der Waals surface area contributed by atoms with Crippen LogP contribution in [-0.4, -0.2) is 13.0 Å². The van der Waals surface area contributed by atoms with E-state index in [9.17, 15) is 13.0 Å². The highest BCUT2D eigenvalue weighted by atomic mass is 32.2. The molecule has 5 N–H and O–H groups in total. The molecular formula is C22H18N4O3S. The number of nitrogens with two attached hydrogens (primary N) is 2. The van der Waals surface area contributed by atoms with E-state index in [0.29, 0.717) is 22.1 Å². The maximum atomic E-state index is 11.8. The Morgan fingerprint density at radius 1 is 0.733 bits per heavy atom. The molecule has 0 spiro atoms. The lowest BCUT2D eigenvalue weighted by atomic mass is 10.1. The van der Waals surface area contributed by atoms with E-state index in [1.165, 1.54) is 6.07 Å². The number of nitrogens with zero attached hydrogens (tertiary/aromatic N) is 2. The summed E-state index contributed by atoms with van der Waals surface area (Å²) in [7, 11) is -4.46. The first-order valence-electron chi connectivity index (χ1n) is 8.99. The number of anilines is 2. The van der Waals surface area contributed by atoms with Crippen LogP contribution in [0.2, 0.25) is 0 Å². The van der Waals surface area contributed by atoms with Gasteiger partial charge in [0.15, 0.2) is 0 Å². The van der Waals surface area contributed by atoms with Crippen LogP contribution < -0.4 is 11.5 Å². The zero-order valence-corrected chi connectivity index (χ0v) is 16.5. The molecule has 0 amide bonds. The van der Waals surface area contributed by atoms with Crippen LogP contribution in [0.25, 0.3) is 21.9 Å². The summed E-state index contributed by atoms with van der Waals surface area (Å²) < 4.78 is 33.2. The third-order valence-corrected chi connectivity index (χ3v) is 5.58. The summed E-state index contributed by atoms with van der Waals surface area (Å²) in [5.41, 5.74) is 15.6. The van der Waals surface area contributed by atoms with Crippen molar-refractivity contribution < 1.29 is 13.0 Å². The lowest BCUT2D eigenvalue weighted by molar-refractivity contribution is 0.484. The highest BCUT2D eigenvalue weighted by Crippen LogP contribution is 2.36. The molecule has 0 aliphatic rings. The van der Waals surface area contributed by atoms with E-state index >= 15 is 0 Å². The maximum absolute atomic E-state index is 11.8. The molecule has 0 saturated carbocycles. The van der Waals surface area contributed by atoms with Gasteiger partial charge in [-0.1, -0.05) is 48.5 Å². The van der Waals surface area contributed by atoms with E-state index in [-0.39, 0.29) is 16.3 Å². The molecule has 0 aliphatic heterocycles. The molecule has 0 saturated heterocycles. The molecule has 0 aliphatic carbocycles. The molecule has 4 rings (SSSR count). The van der Waals surface area contributed by atoms with Crippen molar-refractivity contribution in [1.29, 1.82) is 0 Å². The Bertz CT molecular complexity index is 1360. The minimum absolute atomic E-state index is 0.156. The predicted molar refractivity (Wildman–Crippen MR) is 119 cm³/mol. The number of hydrogen-bond acceptors (Lipinski definition) is 6. The van der Waals surface area contributed by atoms with E-state index < -0.39 is 10.1 Å². The van der Waals surface area contributed by atoms with Crippen LogP contribution in [0.5, 0.6) is 0 Å². The van der Waals surface area contributed by atoms with Gasteiger partial charge in [-0.25, -0.2) is 0 Å². The summed E-state index contributed by atoms with van der Waals surface area (Å²) in [6.45, 7) is 0. The van der Waals surface area contributed by atoms with Crippen molar-refractivity contribution in [2.75, 3.05) is 11.5 Å². The number of fused-ring (bicyclic) bond motifs is 1. The molecule has 4 aromatic carbocycles. The maximum Gasteiger partial charge on any atom is 0.295 e. The fourth-order valence-electron chi connectivity index (χ4n) is 3.15. The van der Waals surface area contributed by atoms with Crippen molar-refractivity contribution in [2.24, 2.45) is 10.2 Å². The van der Waals surface area contributed by atoms with Crippen molar-refractivity contribution >= 4 is 43.6 Å². The van der Waals surface area contributed by atoms with Crippen LogP contribution in [0.1, 0.15) is 0 Å². The van der Waals surface area contributed by atoms with Crippen LogP contribution in [0.15, 0.2) is 94.0 Å². The molecule has 0 unspecified atom stereocenters. The lowest BCUT2D eigenvalue weighted by Crippen LogP contribution is -2.01. The van der Waals surface area contributed by atoms with Gasteiger partial charge in [-0.15, -0.1) is 5.11 Å². The monoisotopic (exact) mass is 418 g/mol. The SMILES string of the molecule is Nc1ccc(-c2ccc(N=Nc3cc(S(=O)(=O)O)c4ccccc4c3N)cc2)cc1. The second kappa shape index (κ2) is 7.58. The van der Waals surface area contributed by atoms with E-state index in [1.807, 2.05) is 36.4 Å². The van der Waals surface area contributed by atoms with E-state index in [1.54, 1.807) is 36.4 Å². The van der Waals surface area contributed by atoms with Gasteiger partial charge in [-0.3, -0.25) is 4.55 Å². The Kier molecular flexibility index (Phi) is 4.94. The fourth-order valence-corrected chi connectivity index (χ4v) is 3.87. The Hall–Kier alpha value is -3.75. The van der Waals surface area contributed by atoms with Gasteiger partial charge in [-0.05, 0) is 41.5 Å². The van der Waals surface area contributed by atoms with Gasteiger partial charge in [0.1, 0.15) is 10.6 Å². The van der Waals surface area contributed by atoms with Crippen molar-refractivity contribution in [3.05, 3.63) is 78.9 Å². The molecule has 7 nitrogen and oxygen atoms in total. The number of azo groups is 1. The zero-order valence-electron chi connectivity index (χ0n) is 15.7. The molecular weight excluding hydrogens is 400 g/mol. The van der Waals surface area contributed by atoms with Crippen molar-refractivity contribution in [2.45, 2.75) is 4.90 Å². The largest absolute Gasteiger partial charge is 0.399 e. The Labute approximate surface area is 173 Å². The quantitative estimate of drug-likeness (QED) is 0.234. The summed E-state index contributed by atoms with van der Waals surface area (Å²) in [4.78, 5) is -0.264. The predicted octanol–water partition coefficient (Wildman–Crippen LogP) is 5.33. The van der Waals surface area contributed by atoms with Gasteiger partial charge < -0.3 is 11.5 Å². The third kappa shape index (κ3) is 3.86. The highest BCUT2D eigenvalue weighted by Gasteiger charge is 2.18. The van der Waals surface area contributed by atoms with Crippen LogP contribution in [0.4, 0.5) is 22.7 Å². The van der Waals surface area contributed by atoms with Gasteiger partial charge in [0.05, 0.1) is 11.4 Å². The third-order valence-electron chi connectivity index (χ3n) is 4.69. The highest BCUT2D eigenvalue weighted by molar-refractivity contribution is 7.86. The Balaban J connectivity index is 1.70. The molecule has 0 radical (unpaired) electrons. The molecule has 0 atom stereocenters. The van der Waals surface area contributed by atoms with Gasteiger partial charge in [0, 0.05) is 16.5 Å². The molecule has 0 fully saturated rings. The van der Waals surface area contributed by atoms with Gasteiger partial charge in [0.2, 0.25) is 0 Å². The average molecular weight is 418 g/mol. The second-order valence-electron chi connectivity index (χ2n) is 6.70.